The third-order valence-corrected chi connectivity index (χ3v) is 7.39. The van der Waals surface area contributed by atoms with Crippen LogP contribution in [0.4, 0.5) is 0 Å². The van der Waals surface area contributed by atoms with E-state index in [1.807, 2.05) is 19.9 Å². The third-order valence-electron chi connectivity index (χ3n) is 6.71. The molecule has 0 aliphatic carbocycles. The normalized spacial score (nSPS) is 22.6. The van der Waals surface area contributed by atoms with Gasteiger partial charge in [0.05, 0.1) is 6.10 Å². The van der Waals surface area contributed by atoms with Crippen LogP contribution in [-0.4, -0.2) is 55.0 Å². The Hall–Kier alpha value is -2.75. The van der Waals surface area contributed by atoms with Crippen LogP contribution in [0.25, 0.3) is 0 Å². The highest BCUT2D eigenvalue weighted by atomic mass is 79.9. The second-order valence-electron chi connectivity index (χ2n) is 10.3. The molecule has 1 heterocycles. The smallest absolute Gasteiger partial charge is 0.303 e. The molecule has 0 spiro atoms. The van der Waals surface area contributed by atoms with Gasteiger partial charge in [0, 0.05) is 25.2 Å². The highest BCUT2D eigenvalue weighted by molar-refractivity contribution is 9.10. The number of benzene rings is 2. The van der Waals surface area contributed by atoms with Crippen molar-refractivity contribution in [2.24, 2.45) is 0 Å². The molecule has 0 amide bonds. The van der Waals surface area contributed by atoms with Gasteiger partial charge in [0.25, 0.3) is 0 Å². The molecule has 218 valence electrons. The van der Waals surface area contributed by atoms with Crippen LogP contribution in [0.1, 0.15) is 75.5 Å². The number of carbonyl (C=O) groups excluding carboxylic acids is 3. The summed E-state index contributed by atoms with van der Waals surface area (Å²) in [5.41, 5.74) is 5.42. The minimum Gasteiger partial charge on any atom is -0.463 e. The molecule has 2 aromatic carbocycles. The first kappa shape index (κ1) is 31.8. The van der Waals surface area contributed by atoms with E-state index < -0.39 is 48.4 Å². The number of esters is 3. The maximum atomic E-state index is 12.3. The minimum absolute atomic E-state index is 0.198. The van der Waals surface area contributed by atoms with Crippen LogP contribution in [0, 0.1) is 6.92 Å². The first-order chi connectivity index (χ1) is 18.9. The van der Waals surface area contributed by atoms with Gasteiger partial charge in [-0.1, -0.05) is 53.2 Å². The van der Waals surface area contributed by atoms with Gasteiger partial charge in [0.2, 0.25) is 0 Å². The summed E-state index contributed by atoms with van der Waals surface area (Å²) in [7, 11) is 0. The van der Waals surface area contributed by atoms with Crippen molar-refractivity contribution in [1.82, 2.24) is 0 Å². The predicted molar refractivity (Wildman–Crippen MR) is 153 cm³/mol. The Morgan fingerprint density at radius 2 is 1.50 bits per heavy atom. The van der Waals surface area contributed by atoms with E-state index in [9.17, 15) is 14.4 Å². The molecule has 3 rings (SSSR count). The maximum absolute atomic E-state index is 12.3. The molecule has 1 fully saturated rings. The summed E-state index contributed by atoms with van der Waals surface area (Å²) in [5.74, 6) is -1.67. The standard InChI is InChI=1S/C31H39BrO8/c1-8-22-9-11-23(12-10-22)14-24-15-25(26(32)13-18(24)4)28-30(37-17(2)3)31(39-21(7)35)29(38-20(6)34)27(40-28)16-36-19(5)33/h9-13,15,17,27-31H,8,14,16H2,1-7H3/t27-,28+,29-,30+,31+/m1/s1. The Kier molecular flexibility index (Phi) is 11.3. The number of rotatable bonds is 10. The summed E-state index contributed by atoms with van der Waals surface area (Å²) in [5, 5.41) is 0. The number of hydrogen-bond acceptors (Lipinski definition) is 8. The van der Waals surface area contributed by atoms with Crippen LogP contribution in [0.2, 0.25) is 0 Å². The lowest BCUT2D eigenvalue weighted by atomic mass is 9.88. The second kappa shape index (κ2) is 14.2. The molecule has 9 heteroatoms. The molecule has 8 nitrogen and oxygen atoms in total. The number of carbonyl (C=O) groups is 3. The fourth-order valence-electron chi connectivity index (χ4n) is 4.88. The zero-order valence-electron chi connectivity index (χ0n) is 24.2. The highest BCUT2D eigenvalue weighted by Crippen LogP contribution is 2.41. The van der Waals surface area contributed by atoms with Crippen LogP contribution in [-0.2, 0) is 50.9 Å². The van der Waals surface area contributed by atoms with Crippen molar-refractivity contribution in [3.63, 3.8) is 0 Å². The van der Waals surface area contributed by atoms with Crippen molar-refractivity contribution in [2.75, 3.05) is 6.61 Å². The monoisotopic (exact) mass is 618 g/mol. The summed E-state index contributed by atoms with van der Waals surface area (Å²) in [6.45, 7) is 11.5. The van der Waals surface area contributed by atoms with Crippen molar-refractivity contribution in [3.8, 4) is 0 Å². The van der Waals surface area contributed by atoms with Gasteiger partial charge in [-0.2, -0.15) is 0 Å². The number of ether oxygens (including phenoxy) is 5. The maximum Gasteiger partial charge on any atom is 0.303 e. The van der Waals surface area contributed by atoms with Crippen LogP contribution in [0.15, 0.2) is 40.9 Å². The molecule has 0 bridgehead atoms. The average molecular weight is 620 g/mol. The third kappa shape index (κ3) is 8.38. The van der Waals surface area contributed by atoms with Gasteiger partial charge in [-0.3, -0.25) is 14.4 Å². The van der Waals surface area contributed by atoms with Crippen molar-refractivity contribution in [2.45, 2.75) is 97.9 Å². The lowest BCUT2D eigenvalue weighted by Gasteiger charge is -2.46. The van der Waals surface area contributed by atoms with Crippen molar-refractivity contribution in [3.05, 3.63) is 68.7 Å². The van der Waals surface area contributed by atoms with E-state index in [1.54, 1.807) is 0 Å². The van der Waals surface area contributed by atoms with E-state index >= 15 is 0 Å². The zero-order valence-corrected chi connectivity index (χ0v) is 25.8. The number of halogens is 1. The fourth-order valence-corrected chi connectivity index (χ4v) is 5.56. The summed E-state index contributed by atoms with van der Waals surface area (Å²) in [4.78, 5) is 36.0. The molecule has 0 saturated carbocycles. The minimum atomic E-state index is -1.05. The van der Waals surface area contributed by atoms with Gasteiger partial charge in [-0.05, 0) is 67.5 Å². The van der Waals surface area contributed by atoms with E-state index in [0.717, 1.165) is 27.6 Å². The molecule has 5 atom stereocenters. The molecule has 0 unspecified atom stereocenters. The largest absolute Gasteiger partial charge is 0.463 e. The summed E-state index contributed by atoms with van der Waals surface area (Å²) < 4.78 is 30.2. The number of hydrogen-bond donors (Lipinski definition) is 0. The second-order valence-corrected chi connectivity index (χ2v) is 11.2. The highest BCUT2D eigenvalue weighted by Gasteiger charge is 2.52. The van der Waals surface area contributed by atoms with Gasteiger partial charge in [-0.15, -0.1) is 0 Å². The zero-order chi connectivity index (χ0) is 29.6. The molecule has 1 saturated heterocycles. The van der Waals surface area contributed by atoms with Crippen LogP contribution in [0.3, 0.4) is 0 Å². The van der Waals surface area contributed by atoms with Crippen LogP contribution >= 0.6 is 15.9 Å². The first-order valence-electron chi connectivity index (χ1n) is 13.5. The van der Waals surface area contributed by atoms with Crippen LogP contribution in [0.5, 0.6) is 0 Å². The van der Waals surface area contributed by atoms with Gasteiger partial charge >= 0.3 is 17.9 Å². The van der Waals surface area contributed by atoms with Crippen molar-refractivity contribution in [1.29, 1.82) is 0 Å². The van der Waals surface area contributed by atoms with E-state index in [0.29, 0.717) is 6.42 Å². The van der Waals surface area contributed by atoms with Gasteiger partial charge < -0.3 is 23.7 Å². The van der Waals surface area contributed by atoms with Crippen LogP contribution < -0.4 is 0 Å². The Morgan fingerprint density at radius 1 is 0.900 bits per heavy atom. The van der Waals surface area contributed by atoms with E-state index in [-0.39, 0.29) is 12.7 Å². The fraction of sp³-hybridized carbons (Fsp3) is 0.516. The first-order valence-corrected chi connectivity index (χ1v) is 14.3. The molecular formula is C31H39BrO8. The Morgan fingerprint density at radius 3 is 2.05 bits per heavy atom. The number of aryl methyl sites for hydroxylation is 2. The quantitative estimate of drug-likeness (QED) is 0.252. The van der Waals surface area contributed by atoms with Gasteiger partial charge in [0.1, 0.15) is 24.9 Å². The molecule has 0 radical (unpaired) electrons. The summed E-state index contributed by atoms with van der Waals surface area (Å²) in [6.07, 6.45) is -3.12. The molecule has 40 heavy (non-hydrogen) atoms. The van der Waals surface area contributed by atoms with Crippen molar-refractivity contribution >= 4 is 33.8 Å². The van der Waals surface area contributed by atoms with E-state index in [2.05, 4.69) is 60.1 Å². The Balaban J connectivity index is 2.10. The molecule has 2 aromatic rings. The molecular weight excluding hydrogens is 580 g/mol. The SMILES string of the molecule is CCc1ccc(Cc2cc([C@@H]3O[C@H](COC(C)=O)[C@@H](OC(C)=O)[C@H](OC(C)=O)[C@H]3OC(C)C)c(Br)cc2C)cc1. The average Bonchev–Trinajstić information content (AvgIpc) is 2.86. The topological polar surface area (TPSA) is 97.4 Å². The Labute approximate surface area is 244 Å². The van der Waals surface area contributed by atoms with E-state index in [4.69, 9.17) is 23.7 Å². The molecule has 0 aromatic heterocycles. The predicted octanol–water partition coefficient (Wildman–Crippen LogP) is 5.57. The van der Waals surface area contributed by atoms with Gasteiger partial charge in [-0.25, -0.2) is 0 Å². The lowest BCUT2D eigenvalue weighted by Crippen LogP contribution is -2.59. The summed E-state index contributed by atoms with van der Waals surface area (Å²) >= 11 is 3.71. The van der Waals surface area contributed by atoms with E-state index in [1.165, 1.54) is 31.9 Å². The molecule has 1 aliphatic heterocycles. The molecule has 1 aliphatic rings. The lowest BCUT2D eigenvalue weighted by molar-refractivity contribution is -0.263. The Bertz CT molecular complexity index is 1190. The molecule has 0 N–H and O–H groups in total. The van der Waals surface area contributed by atoms with Crippen molar-refractivity contribution < 1.29 is 38.1 Å². The van der Waals surface area contributed by atoms with Gasteiger partial charge in [0.15, 0.2) is 12.2 Å². The summed E-state index contributed by atoms with van der Waals surface area (Å²) in [6, 6.07) is 12.6.